The Hall–Kier alpha value is -4.44. The highest BCUT2D eigenvalue weighted by atomic mass is 19.1. The fourth-order valence-corrected chi connectivity index (χ4v) is 5.23. The lowest BCUT2D eigenvalue weighted by atomic mass is 10.0. The molecule has 1 N–H and O–H groups in total. The molecule has 0 spiro atoms. The van der Waals surface area contributed by atoms with Gasteiger partial charge in [0.1, 0.15) is 29.1 Å². The number of aryl methyl sites for hydroxylation is 1. The van der Waals surface area contributed by atoms with Gasteiger partial charge >= 0.3 is 11.9 Å². The summed E-state index contributed by atoms with van der Waals surface area (Å²) in [5.41, 5.74) is 3.13. The molecule has 1 fully saturated rings. The smallest absolute Gasteiger partial charge is 0.339 e. The number of rotatable bonds is 12. The van der Waals surface area contributed by atoms with Crippen molar-refractivity contribution in [1.82, 2.24) is 9.80 Å². The van der Waals surface area contributed by atoms with Crippen LogP contribution in [0.3, 0.4) is 0 Å². The topological polar surface area (TPSA) is 79.3 Å². The number of esters is 1. The van der Waals surface area contributed by atoms with Gasteiger partial charge in [-0.1, -0.05) is 66.7 Å². The average Bonchev–Trinajstić information content (AvgIpc) is 3.06. The molecule has 1 aliphatic heterocycles. The number of carboxylic acid groups (broad SMARTS) is 1. The van der Waals surface area contributed by atoms with Crippen LogP contribution in [0.4, 0.5) is 8.78 Å². The summed E-state index contributed by atoms with van der Waals surface area (Å²) in [6, 6.07) is 29.3. The van der Waals surface area contributed by atoms with E-state index in [1.54, 1.807) is 36.4 Å². The number of ether oxygens (including phenoxy) is 2. The van der Waals surface area contributed by atoms with E-state index in [2.05, 4.69) is 44.9 Å². The molecule has 1 aliphatic rings. The van der Waals surface area contributed by atoms with Crippen molar-refractivity contribution in [3.63, 3.8) is 0 Å². The molecule has 5 rings (SSSR count). The van der Waals surface area contributed by atoms with Crippen LogP contribution in [0.25, 0.3) is 0 Å². The number of aromatic carboxylic acids is 1. The third-order valence-electron chi connectivity index (χ3n) is 7.66. The second-order valence-corrected chi connectivity index (χ2v) is 11.0. The summed E-state index contributed by atoms with van der Waals surface area (Å²) in [6.45, 7) is 7.99. The standard InChI is InChI=1S/C28H32F2N2O.C9H8O4/c29-26-12-8-24(9-13-26)28(25-10-14-27(30)15-11-25)33-22-21-32-19-17-31(18-20-32)16-4-7-23-5-2-1-3-6-23;1-6(10)13-8-5-3-2-4-7(8)9(11)12/h1-3,5-6,8-15,28H,4,7,16-22H2;2-5H,1H3,(H,11,12). The first kappa shape index (κ1) is 34.4. The van der Waals surface area contributed by atoms with Crippen LogP contribution in [0.1, 0.15) is 46.5 Å². The minimum atomic E-state index is -1.11. The second-order valence-electron chi connectivity index (χ2n) is 11.0. The third kappa shape index (κ3) is 11.2. The lowest BCUT2D eigenvalue weighted by Crippen LogP contribution is -2.47. The van der Waals surface area contributed by atoms with Gasteiger partial charge in [0.25, 0.3) is 0 Å². The predicted octanol–water partition coefficient (Wildman–Crippen LogP) is 6.63. The number of halogens is 2. The van der Waals surface area contributed by atoms with E-state index in [0.717, 1.165) is 56.8 Å². The Morgan fingerprint density at radius 1 is 0.739 bits per heavy atom. The monoisotopic (exact) mass is 630 g/mol. The maximum atomic E-state index is 13.4. The Labute approximate surface area is 269 Å². The van der Waals surface area contributed by atoms with E-state index in [9.17, 15) is 18.4 Å². The van der Waals surface area contributed by atoms with E-state index in [1.807, 2.05) is 0 Å². The molecule has 0 atom stereocenters. The highest BCUT2D eigenvalue weighted by Gasteiger charge is 2.19. The van der Waals surface area contributed by atoms with Crippen LogP contribution in [0, 0.1) is 11.6 Å². The first-order valence-corrected chi connectivity index (χ1v) is 15.4. The summed E-state index contributed by atoms with van der Waals surface area (Å²) >= 11 is 0. The largest absolute Gasteiger partial charge is 0.478 e. The molecule has 1 heterocycles. The van der Waals surface area contributed by atoms with Crippen LogP contribution < -0.4 is 4.74 Å². The molecule has 46 heavy (non-hydrogen) atoms. The van der Waals surface area contributed by atoms with Crippen molar-refractivity contribution in [2.24, 2.45) is 0 Å². The van der Waals surface area contributed by atoms with E-state index < -0.39 is 11.9 Å². The molecule has 9 heteroatoms. The molecule has 0 aromatic heterocycles. The summed E-state index contributed by atoms with van der Waals surface area (Å²) in [5.74, 6) is -2.13. The Bertz CT molecular complexity index is 1460. The summed E-state index contributed by atoms with van der Waals surface area (Å²) in [5, 5.41) is 8.69. The van der Waals surface area contributed by atoms with Crippen molar-refractivity contribution in [2.75, 3.05) is 45.9 Å². The van der Waals surface area contributed by atoms with Crippen LogP contribution in [0.2, 0.25) is 0 Å². The van der Waals surface area contributed by atoms with Gasteiger partial charge in [0.05, 0.1) is 6.61 Å². The van der Waals surface area contributed by atoms with E-state index in [1.165, 1.54) is 55.3 Å². The van der Waals surface area contributed by atoms with Gasteiger partial charge in [0.2, 0.25) is 0 Å². The molecule has 0 saturated carbocycles. The van der Waals surface area contributed by atoms with E-state index in [0.29, 0.717) is 6.61 Å². The normalized spacial score (nSPS) is 13.6. The van der Waals surface area contributed by atoms with Crippen molar-refractivity contribution < 1.29 is 33.0 Å². The van der Waals surface area contributed by atoms with Crippen molar-refractivity contribution in [3.05, 3.63) is 137 Å². The minimum Gasteiger partial charge on any atom is -0.478 e. The Balaban J connectivity index is 0.000000310. The molecule has 4 aromatic rings. The van der Waals surface area contributed by atoms with Gasteiger partial charge in [-0.3, -0.25) is 9.69 Å². The Kier molecular flexibility index (Phi) is 13.4. The van der Waals surface area contributed by atoms with Gasteiger partial charge in [-0.25, -0.2) is 13.6 Å². The van der Waals surface area contributed by atoms with Crippen molar-refractivity contribution in [3.8, 4) is 5.75 Å². The molecule has 0 bridgehead atoms. The van der Waals surface area contributed by atoms with Crippen molar-refractivity contribution in [1.29, 1.82) is 0 Å². The van der Waals surface area contributed by atoms with Crippen LogP contribution in [0.5, 0.6) is 5.75 Å². The highest BCUT2D eigenvalue weighted by Crippen LogP contribution is 2.26. The predicted molar refractivity (Wildman–Crippen MR) is 173 cm³/mol. The fraction of sp³-hybridized carbons (Fsp3) is 0.297. The number of piperazine rings is 1. The minimum absolute atomic E-state index is 0.0160. The summed E-state index contributed by atoms with van der Waals surface area (Å²) in [6.07, 6.45) is 1.97. The van der Waals surface area contributed by atoms with Crippen LogP contribution in [-0.2, 0) is 16.0 Å². The second kappa shape index (κ2) is 17.9. The molecule has 7 nitrogen and oxygen atoms in total. The molecule has 0 unspecified atom stereocenters. The van der Waals surface area contributed by atoms with E-state index in [4.69, 9.17) is 9.84 Å². The molecule has 0 radical (unpaired) electrons. The number of nitrogens with zero attached hydrogens (tertiary/aromatic N) is 2. The maximum Gasteiger partial charge on any atom is 0.339 e. The number of para-hydroxylation sites is 1. The molecule has 4 aromatic carbocycles. The molecule has 242 valence electrons. The molecule has 0 amide bonds. The Morgan fingerprint density at radius 3 is 1.80 bits per heavy atom. The zero-order chi connectivity index (χ0) is 32.7. The van der Waals surface area contributed by atoms with E-state index in [-0.39, 0.29) is 29.1 Å². The van der Waals surface area contributed by atoms with Gasteiger partial charge in [0.15, 0.2) is 0 Å². The lowest BCUT2D eigenvalue weighted by Gasteiger charge is -2.35. The number of hydrogen-bond donors (Lipinski definition) is 1. The average molecular weight is 631 g/mol. The number of carbonyl (C=O) groups is 2. The molecular formula is C37H40F2N2O5. The highest BCUT2D eigenvalue weighted by molar-refractivity contribution is 5.91. The van der Waals surface area contributed by atoms with Gasteiger partial charge in [-0.05, 0) is 72.5 Å². The SMILES string of the molecule is CC(=O)Oc1ccccc1C(=O)O.Fc1ccc(C(OCCN2CCN(CCCc3ccccc3)CC2)c2ccc(F)cc2)cc1. The molecule has 1 saturated heterocycles. The first-order valence-electron chi connectivity index (χ1n) is 15.4. The summed E-state index contributed by atoms with van der Waals surface area (Å²) in [7, 11) is 0. The van der Waals surface area contributed by atoms with Crippen LogP contribution >= 0.6 is 0 Å². The van der Waals surface area contributed by atoms with Gasteiger partial charge in [-0.15, -0.1) is 0 Å². The summed E-state index contributed by atoms with van der Waals surface area (Å²) < 4.78 is 37.7. The summed E-state index contributed by atoms with van der Waals surface area (Å²) in [4.78, 5) is 26.2. The van der Waals surface area contributed by atoms with Gasteiger partial charge in [-0.2, -0.15) is 0 Å². The van der Waals surface area contributed by atoms with Crippen molar-refractivity contribution in [2.45, 2.75) is 25.9 Å². The van der Waals surface area contributed by atoms with Crippen LogP contribution in [-0.4, -0.2) is 72.7 Å². The van der Waals surface area contributed by atoms with Crippen molar-refractivity contribution >= 4 is 11.9 Å². The number of carbonyl (C=O) groups excluding carboxylic acids is 1. The van der Waals surface area contributed by atoms with Gasteiger partial charge in [0, 0.05) is 39.6 Å². The van der Waals surface area contributed by atoms with E-state index >= 15 is 0 Å². The molecule has 0 aliphatic carbocycles. The third-order valence-corrected chi connectivity index (χ3v) is 7.66. The Morgan fingerprint density at radius 2 is 1.26 bits per heavy atom. The zero-order valence-corrected chi connectivity index (χ0v) is 26.0. The number of hydrogen-bond acceptors (Lipinski definition) is 6. The first-order chi connectivity index (χ1) is 22.3. The maximum absolute atomic E-state index is 13.4. The number of benzene rings is 4. The fourth-order valence-electron chi connectivity index (χ4n) is 5.23. The van der Waals surface area contributed by atoms with Crippen LogP contribution in [0.15, 0.2) is 103 Å². The number of carboxylic acids is 1. The zero-order valence-electron chi connectivity index (χ0n) is 26.0. The molecular weight excluding hydrogens is 590 g/mol. The lowest BCUT2D eigenvalue weighted by molar-refractivity contribution is -0.131. The quantitative estimate of drug-likeness (QED) is 0.139. The van der Waals surface area contributed by atoms with Gasteiger partial charge < -0.3 is 19.5 Å².